The maximum Gasteiger partial charge on any atom is 0.152 e. The summed E-state index contributed by atoms with van der Waals surface area (Å²) in [4.78, 5) is 9.96. The van der Waals surface area contributed by atoms with Crippen LogP contribution in [0.15, 0.2) is 12.2 Å². The smallest absolute Gasteiger partial charge is 0.152 e. The lowest BCUT2D eigenvalue weighted by Gasteiger charge is -1.68. The highest BCUT2D eigenvalue weighted by Gasteiger charge is 1.73. The Balaban J connectivity index is -0.000000105. The summed E-state index contributed by atoms with van der Waals surface area (Å²) in [5.74, 6) is 0.109. The second kappa shape index (κ2) is 23.7. The minimum atomic E-state index is 0.109. The third kappa shape index (κ3) is 52.4. The van der Waals surface area contributed by atoms with E-state index >= 15 is 0 Å². The van der Waals surface area contributed by atoms with Gasteiger partial charge in [0.25, 0.3) is 0 Å². The van der Waals surface area contributed by atoms with E-state index in [1.54, 1.807) is 6.08 Å². The average molecular weight is 144 g/mol. The Morgan fingerprint density at radius 2 is 1.40 bits per heavy atom. The molecule has 0 atom stereocenters. The van der Waals surface area contributed by atoms with Crippen molar-refractivity contribution >= 4 is 5.78 Å². The lowest BCUT2D eigenvalue weighted by atomic mass is 10.4. The third-order valence-electron chi connectivity index (χ3n) is 0.401. The van der Waals surface area contributed by atoms with Crippen LogP contribution in [0.3, 0.4) is 0 Å². The minimum Gasteiger partial charge on any atom is -0.295 e. The van der Waals surface area contributed by atoms with E-state index in [1.807, 2.05) is 34.6 Å². The molecule has 1 heteroatoms. The SMILES string of the molecule is C/C=C/C(C)=O.CC.CC. The van der Waals surface area contributed by atoms with Crippen molar-refractivity contribution in [1.29, 1.82) is 0 Å². The molecule has 1 nitrogen and oxygen atoms in total. The lowest BCUT2D eigenvalue weighted by molar-refractivity contribution is -0.112. The predicted molar refractivity (Wildman–Crippen MR) is 48.2 cm³/mol. The van der Waals surface area contributed by atoms with E-state index in [9.17, 15) is 4.79 Å². The molecule has 0 aromatic carbocycles. The van der Waals surface area contributed by atoms with Crippen molar-refractivity contribution < 1.29 is 4.79 Å². The average Bonchev–Trinajstić information content (AvgIpc) is 1.96. The molecule has 0 bridgehead atoms. The summed E-state index contributed by atoms with van der Waals surface area (Å²) in [6.45, 7) is 11.3. The molecule has 10 heavy (non-hydrogen) atoms. The van der Waals surface area contributed by atoms with Crippen molar-refractivity contribution in [1.82, 2.24) is 0 Å². The van der Waals surface area contributed by atoms with Crippen LogP contribution in [0.25, 0.3) is 0 Å². The molecule has 0 amide bonds. The van der Waals surface area contributed by atoms with Gasteiger partial charge in [0, 0.05) is 0 Å². The van der Waals surface area contributed by atoms with Gasteiger partial charge in [-0.2, -0.15) is 0 Å². The Morgan fingerprint density at radius 1 is 1.10 bits per heavy atom. The first-order valence-electron chi connectivity index (χ1n) is 3.90. The Labute approximate surface area is 65.1 Å². The largest absolute Gasteiger partial charge is 0.295 e. The van der Waals surface area contributed by atoms with Gasteiger partial charge >= 0.3 is 0 Å². The van der Waals surface area contributed by atoms with Crippen LogP contribution in [0, 0.1) is 0 Å². The van der Waals surface area contributed by atoms with Crippen molar-refractivity contribution in [2.45, 2.75) is 41.5 Å². The van der Waals surface area contributed by atoms with Gasteiger partial charge in [-0.25, -0.2) is 0 Å². The van der Waals surface area contributed by atoms with E-state index < -0.39 is 0 Å². The van der Waals surface area contributed by atoms with Crippen LogP contribution in [0.2, 0.25) is 0 Å². The zero-order valence-electron chi connectivity index (χ0n) is 8.06. The number of ketones is 1. The van der Waals surface area contributed by atoms with Gasteiger partial charge in [0.15, 0.2) is 5.78 Å². The normalized spacial score (nSPS) is 7.00. The summed E-state index contributed by atoms with van der Waals surface area (Å²) in [5, 5.41) is 0. The van der Waals surface area contributed by atoms with Gasteiger partial charge < -0.3 is 0 Å². The highest BCUT2D eigenvalue weighted by Crippen LogP contribution is 1.69. The fourth-order valence-electron chi connectivity index (χ4n) is 0.235. The predicted octanol–water partition coefficient (Wildman–Crippen LogP) is 3.20. The molecule has 0 heterocycles. The van der Waals surface area contributed by atoms with Gasteiger partial charge in [0.1, 0.15) is 0 Å². The lowest BCUT2D eigenvalue weighted by Crippen LogP contribution is -1.76. The molecular weight excluding hydrogens is 124 g/mol. The van der Waals surface area contributed by atoms with Crippen molar-refractivity contribution in [2.75, 3.05) is 0 Å². The summed E-state index contributed by atoms with van der Waals surface area (Å²) in [5.41, 5.74) is 0. The summed E-state index contributed by atoms with van der Waals surface area (Å²) < 4.78 is 0. The van der Waals surface area contributed by atoms with Crippen LogP contribution in [0.4, 0.5) is 0 Å². The second-order valence-corrected chi connectivity index (χ2v) is 1.11. The molecule has 0 radical (unpaired) electrons. The molecule has 0 aromatic rings. The fourth-order valence-corrected chi connectivity index (χ4v) is 0.235. The van der Waals surface area contributed by atoms with Crippen LogP contribution in [0.1, 0.15) is 41.5 Å². The molecule has 0 aliphatic rings. The van der Waals surface area contributed by atoms with Crippen molar-refractivity contribution in [3.63, 3.8) is 0 Å². The number of rotatable bonds is 1. The molecule has 0 fully saturated rings. The number of hydrogen-bond acceptors (Lipinski definition) is 1. The summed E-state index contributed by atoms with van der Waals surface area (Å²) in [6.07, 6.45) is 3.25. The molecule has 0 aliphatic carbocycles. The van der Waals surface area contributed by atoms with Gasteiger partial charge in [0.2, 0.25) is 0 Å². The second-order valence-electron chi connectivity index (χ2n) is 1.11. The summed E-state index contributed by atoms with van der Waals surface area (Å²) in [7, 11) is 0. The molecule has 0 rings (SSSR count). The first kappa shape index (κ1) is 16.2. The topological polar surface area (TPSA) is 17.1 Å². The van der Waals surface area contributed by atoms with Gasteiger partial charge in [-0.1, -0.05) is 33.8 Å². The number of hydrogen-bond donors (Lipinski definition) is 0. The molecule has 0 saturated heterocycles. The van der Waals surface area contributed by atoms with E-state index in [0.717, 1.165) is 0 Å². The first-order chi connectivity index (χ1) is 4.77. The third-order valence-corrected chi connectivity index (χ3v) is 0.401. The van der Waals surface area contributed by atoms with E-state index in [-0.39, 0.29) is 5.78 Å². The van der Waals surface area contributed by atoms with Crippen molar-refractivity contribution in [3.05, 3.63) is 12.2 Å². The summed E-state index contributed by atoms with van der Waals surface area (Å²) >= 11 is 0. The molecule has 0 unspecified atom stereocenters. The highest BCUT2D eigenvalue weighted by molar-refractivity contribution is 5.87. The zero-order chi connectivity index (χ0) is 8.99. The van der Waals surface area contributed by atoms with Crippen LogP contribution >= 0.6 is 0 Å². The molecule has 62 valence electrons. The van der Waals surface area contributed by atoms with Gasteiger partial charge in [-0.3, -0.25) is 4.79 Å². The molecular formula is C9H20O. The number of carbonyl (C=O) groups excluding carboxylic acids is 1. The quantitative estimate of drug-likeness (QED) is 0.516. The van der Waals surface area contributed by atoms with Crippen LogP contribution in [0.5, 0.6) is 0 Å². The Bertz CT molecular complexity index is 72.8. The maximum atomic E-state index is 9.96. The minimum absolute atomic E-state index is 0.109. The fraction of sp³-hybridized carbons (Fsp3) is 0.667. The maximum absolute atomic E-state index is 9.96. The monoisotopic (exact) mass is 144 g/mol. The van der Waals surface area contributed by atoms with Crippen molar-refractivity contribution in [3.8, 4) is 0 Å². The Kier molecular flexibility index (Phi) is 38.5. The number of carbonyl (C=O) groups is 1. The van der Waals surface area contributed by atoms with E-state index in [0.29, 0.717) is 0 Å². The van der Waals surface area contributed by atoms with Crippen LogP contribution in [-0.2, 0) is 4.79 Å². The number of allylic oxidation sites excluding steroid dienone is 2. The van der Waals surface area contributed by atoms with Gasteiger partial charge in [-0.05, 0) is 19.9 Å². The zero-order valence-corrected chi connectivity index (χ0v) is 8.06. The van der Waals surface area contributed by atoms with Gasteiger partial charge in [-0.15, -0.1) is 0 Å². The van der Waals surface area contributed by atoms with Gasteiger partial charge in [0.05, 0.1) is 0 Å². The Morgan fingerprint density at radius 3 is 1.40 bits per heavy atom. The first-order valence-corrected chi connectivity index (χ1v) is 3.90. The van der Waals surface area contributed by atoms with Crippen molar-refractivity contribution in [2.24, 2.45) is 0 Å². The molecule has 0 aromatic heterocycles. The molecule has 0 N–H and O–H groups in total. The molecule has 0 aliphatic heterocycles. The molecule has 0 saturated carbocycles. The highest BCUT2D eigenvalue weighted by atomic mass is 16.1. The van der Waals surface area contributed by atoms with E-state index in [1.165, 1.54) is 13.0 Å². The van der Waals surface area contributed by atoms with E-state index in [2.05, 4.69) is 0 Å². The Hall–Kier alpha value is -0.590. The van der Waals surface area contributed by atoms with Crippen LogP contribution in [-0.4, -0.2) is 5.78 Å². The van der Waals surface area contributed by atoms with Crippen LogP contribution < -0.4 is 0 Å². The standard InChI is InChI=1S/C5H8O.2C2H6/c1-3-4-5(2)6;2*1-2/h3-4H,1-2H3;2*1-2H3/b4-3+;;. The summed E-state index contributed by atoms with van der Waals surface area (Å²) in [6, 6.07) is 0. The molecule has 0 spiro atoms. The van der Waals surface area contributed by atoms with E-state index in [4.69, 9.17) is 0 Å².